The van der Waals surface area contributed by atoms with Gasteiger partial charge < -0.3 is 5.32 Å². The quantitative estimate of drug-likeness (QED) is 0.399. The second kappa shape index (κ2) is 2.41. The van der Waals surface area contributed by atoms with E-state index < -0.39 is 0 Å². The fourth-order valence-corrected chi connectivity index (χ4v) is 0.563. The second-order valence-electron chi connectivity index (χ2n) is 1.60. The van der Waals surface area contributed by atoms with Crippen LogP contribution in [0, 0.1) is 0 Å². The zero-order valence-electron chi connectivity index (χ0n) is 5.09. The molecule has 0 aromatic carbocycles. The minimum Gasteiger partial charge on any atom is -0.354 e. The van der Waals surface area contributed by atoms with Gasteiger partial charge in [-0.3, -0.25) is 4.79 Å². The Labute approximate surface area is 52.6 Å². The van der Waals surface area contributed by atoms with Crippen LogP contribution < -0.4 is 10.7 Å². The van der Waals surface area contributed by atoms with Crippen LogP contribution in [0.25, 0.3) is 0 Å². The van der Waals surface area contributed by atoms with E-state index in [1.807, 2.05) is 0 Å². The summed E-state index contributed by atoms with van der Waals surface area (Å²) in [5.41, 5.74) is 2.06. The van der Waals surface area contributed by atoms with E-state index in [0.717, 1.165) is 0 Å². The number of nitrogens with zero attached hydrogens (tertiary/aromatic N) is 1. The normalized spacial score (nSPS) is 15.4. The van der Waals surface area contributed by atoms with E-state index in [2.05, 4.69) is 10.4 Å². The van der Waals surface area contributed by atoms with Crippen molar-refractivity contribution in [1.29, 1.82) is 0 Å². The Hall–Kier alpha value is -1.16. The van der Waals surface area contributed by atoms with Gasteiger partial charge >= 0.3 is 0 Å². The summed E-state index contributed by atoms with van der Waals surface area (Å²) in [6.45, 7) is 0. The summed E-state index contributed by atoms with van der Waals surface area (Å²) in [6.07, 6.45) is 3.39. The predicted molar refractivity (Wildman–Crippen MR) is 32.6 cm³/mol. The number of carbonyl (C=O) groups excluding carboxylic acids is 1. The molecule has 4 nitrogen and oxygen atoms in total. The van der Waals surface area contributed by atoms with E-state index in [-0.39, 0.29) is 5.91 Å². The summed E-state index contributed by atoms with van der Waals surface area (Å²) >= 11 is 0. The number of hydrogen-bond acceptors (Lipinski definition) is 2. The molecule has 1 aliphatic rings. The third kappa shape index (κ3) is 1.14. The molecular formula is C5H8N3O+. The first-order valence-corrected chi connectivity index (χ1v) is 2.64. The highest BCUT2D eigenvalue weighted by atomic mass is 16.1. The van der Waals surface area contributed by atoms with E-state index in [4.69, 9.17) is 0 Å². The van der Waals surface area contributed by atoms with Crippen LogP contribution >= 0.6 is 0 Å². The molecule has 0 radical (unpaired) electrons. The lowest BCUT2D eigenvalue weighted by Gasteiger charge is -1.89. The van der Waals surface area contributed by atoms with Gasteiger partial charge in [0.15, 0.2) is 5.71 Å². The lowest BCUT2D eigenvalue weighted by Crippen LogP contribution is -2.69. The molecule has 3 N–H and O–H groups in total. The first-order valence-electron chi connectivity index (χ1n) is 2.64. The number of carbonyl (C=O) groups is 1. The molecule has 1 amide bonds. The highest BCUT2D eigenvalue weighted by Gasteiger charge is 2.10. The zero-order chi connectivity index (χ0) is 6.69. The van der Waals surface area contributed by atoms with Crippen LogP contribution in [0.2, 0.25) is 0 Å². The topological polar surface area (TPSA) is 58.1 Å². The van der Waals surface area contributed by atoms with Crippen molar-refractivity contribution in [2.45, 2.75) is 0 Å². The van der Waals surface area contributed by atoms with Crippen LogP contribution in [0.15, 0.2) is 17.4 Å². The summed E-state index contributed by atoms with van der Waals surface area (Å²) in [5, 5.41) is 6.24. The predicted octanol–water partition coefficient (Wildman–Crippen LogP) is -1.82. The SMILES string of the molecule is CNC(=O)C1=N[NH2+]C=C1. The summed E-state index contributed by atoms with van der Waals surface area (Å²) in [4.78, 5) is 10.7. The van der Waals surface area contributed by atoms with Crippen LogP contribution in [0.4, 0.5) is 0 Å². The van der Waals surface area contributed by atoms with E-state index in [1.54, 1.807) is 24.7 Å². The largest absolute Gasteiger partial charge is 0.354 e. The van der Waals surface area contributed by atoms with E-state index >= 15 is 0 Å². The molecule has 1 aliphatic heterocycles. The lowest BCUT2D eigenvalue weighted by atomic mass is 10.3. The third-order valence-corrected chi connectivity index (χ3v) is 1.01. The Kier molecular flexibility index (Phi) is 1.60. The first kappa shape index (κ1) is 5.97. The van der Waals surface area contributed by atoms with E-state index in [0.29, 0.717) is 5.71 Å². The van der Waals surface area contributed by atoms with Crippen LogP contribution in [-0.2, 0) is 4.79 Å². The molecule has 0 aromatic heterocycles. The van der Waals surface area contributed by atoms with Crippen molar-refractivity contribution in [3.63, 3.8) is 0 Å². The van der Waals surface area contributed by atoms with Gasteiger partial charge in [-0.1, -0.05) is 5.10 Å². The average molecular weight is 126 g/mol. The van der Waals surface area contributed by atoms with Crippen molar-refractivity contribution in [3.8, 4) is 0 Å². The van der Waals surface area contributed by atoms with Crippen LogP contribution in [0.1, 0.15) is 0 Å². The maximum Gasteiger partial charge on any atom is 0.275 e. The Bertz CT molecular complexity index is 183. The van der Waals surface area contributed by atoms with Gasteiger partial charge in [0, 0.05) is 13.1 Å². The van der Waals surface area contributed by atoms with E-state index in [1.165, 1.54) is 0 Å². The molecule has 0 unspecified atom stereocenters. The number of hydrogen-bond donors (Lipinski definition) is 2. The fourth-order valence-electron chi connectivity index (χ4n) is 0.563. The molecule has 0 fully saturated rings. The van der Waals surface area contributed by atoms with Crippen LogP contribution in [0.5, 0.6) is 0 Å². The maximum atomic E-state index is 10.7. The molecule has 4 heteroatoms. The number of quaternary nitrogens is 1. The molecule has 48 valence electrons. The monoisotopic (exact) mass is 126 g/mol. The molecule has 1 heterocycles. The van der Waals surface area contributed by atoms with Crippen LogP contribution in [0.3, 0.4) is 0 Å². The van der Waals surface area contributed by atoms with Gasteiger partial charge in [-0.15, -0.1) is 0 Å². The minimum absolute atomic E-state index is 0.139. The van der Waals surface area contributed by atoms with Gasteiger partial charge in [0.2, 0.25) is 0 Å². The zero-order valence-corrected chi connectivity index (χ0v) is 5.09. The van der Waals surface area contributed by atoms with Crippen molar-refractivity contribution >= 4 is 11.6 Å². The van der Waals surface area contributed by atoms with E-state index in [9.17, 15) is 4.79 Å². The first-order chi connectivity index (χ1) is 4.34. The third-order valence-electron chi connectivity index (χ3n) is 1.01. The van der Waals surface area contributed by atoms with Crippen molar-refractivity contribution in [1.82, 2.24) is 5.32 Å². The second-order valence-corrected chi connectivity index (χ2v) is 1.60. The van der Waals surface area contributed by atoms with Crippen molar-refractivity contribution in [3.05, 3.63) is 12.3 Å². The average Bonchev–Trinajstić information content (AvgIpc) is 2.37. The standard InChI is InChI=1S/C5H7N3O/c1-6-5(9)4-2-3-7-8-4/h2-3H,1H3,(H,6,9)(H,7,8)/p+1. The molecular weight excluding hydrogens is 118 g/mol. The molecule has 0 atom stereocenters. The molecule has 1 rings (SSSR count). The summed E-state index contributed by atoms with van der Waals surface area (Å²) < 4.78 is 0. The number of nitrogens with one attached hydrogen (secondary N) is 1. The highest BCUT2D eigenvalue weighted by Crippen LogP contribution is 1.80. The van der Waals surface area contributed by atoms with Gasteiger partial charge in [-0.05, 0) is 0 Å². The summed E-state index contributed by atoms with van der Waals surface area (Å²) in [5.74, 6) is -0.139. The highest BCUT2D eigenvalue weighted by molar-refractivity contribution is 6.43. The van der Waals surface area contributed by atoms with Crippen molar-refractivity contribution < 1.29 is 10.2 Å². The van der Waals surface area contributed by atoms with Gasteiger partial charge in [-0.25, -0.2) is 0 Å². The Morgan fingerprint density at radius 3 is 3.11 bits per heavy atom. The molecule has 0 spiro atoms. The van der Waals surface area contributed by atoms with Gasteiger partial charge in [0.25, 0.3) is 5.91 Å². The van der Waals surface area contributed by atoms with Crippen LogP contribution in [-0.4, -0.2) is 18.7 Å². The Morgan fingerprint density at radius 1 is 1.89 bits per heavy atom. The molecule has 0 bridgehead atoms. The van der Waals surface area contributed by atoms with Crippen molar-refractivity contribution in [2.24, 2.45) is 5.10 Å². The summed E-state index contributed by atoms with van der Waals surface area (Å²) in [6, 6.07) is 0. The fraction of sp³-hybridized carbons (Fsp3) is 0.200. The molecule has 0 saturated heterocycles. The molecule has 9 heavy (non-hydrogen) atoms. The Balaban J connectivity index is 2.62. The van der Waals surface area contributed by atoms with Gasteiger partial charge in [-0.2, -0.15) is 5.43 Å². The van der Waals surface area contributed by atoms with Crippen molar-refractivity contribution in [2.75, 3.05) is 7.05 Å². The molecule has 0 aromatic rings. The minimum atomic E-state index is -0.139. The summed E-state index contributed by atoms with van der Waals surface area (Å²) in [7, 11) is 1.58. The number of amides is 1. The molecule has 0 saturated carbocycles. The Morgan fingerprint density at radius 2 is 2.67 bits per heavy atom. The van der Waals surface area contributed by atoms with Gasteiger partial charge in [0.1, 0.15) is 6.20 Å². The molecule has 0 aliphatic carbocycles. The maximum absolute atomic E-state index is 10.7. The number of rotatable bonds is 1. The smallest absolute Gasteiger partial charge is 0.275 e. The number of nitrogens with two attached hydrogens (primary N) is 1. The van der Waals surface area contributed by atoms with Gasteiger partial charge in [0.05, 0.1) is 0 Å². The lowest BCUT2D eigenvalue weighted by molar-refractivity contribution is -0.590.